The summed E-state index contributed by atoms with van der Waals surface area (Å²) in [7, 11) is 0. The van der Waals surface area contributed by atoms with E-state index in [1.54, 1.807) is 4.90 Å². The van der Waals surface area contributed by atoms with E-state index >= 15 is 0 Å². The molecule has 0 unspecified atom stereocenters. The van der Waals surface area contributed by atoms with Gasteiger partial charge in [-0.15, -0.1) is 0 Å². The first-order valence-corrected chi connectivity index (χ1v) is 11.8. The summed E-state index contributed by atoms with van der Waals surface area (Å²) in [4.78, 5) is 16.8. The number of aliphatic hydroxyl groups is 1. The Balaban J connectivity index is 1.58. The molecule has 1 fully saturated rings. The zero-order valence-corrected chi connectivity index (χ0v) is 20.4. The Kier molecular flexibility index (Phi) is 8.51. The van der Waals surface area contributed by atoms with Crippen molar-refractivity contribution >= 4 is 6.09 Å². The molecule has 0 aliphatic carbocycles. The molecule has 3 rings (SSSR count). The number of rotatable bonds is 10. The summed E-state index contributed by atoms with van der Waals surface area (Å²) in [5.74, 6) is 0. The average molecular weight is 455 g/mol. The molecule has 0 aromatic heterocycles. The third-order valence-corrected chi connectivity index (χ3v) is 6.20. The van der Waals surface area contributed by atoms with Crippen molar-refractivity contribution in [1.29, 1.82) is 0 Å². The second-order valence-electron chi connectivity index (χ2n) is 9.85. The number of benzene rings is 2. The number of carbonyl (C=O) groups is 1. The van der Waals surface area contributed by atoms with Crippen molar-refractivity contribution in [3.63, 3.8) is 0 Å². The number of carbonyl (C=O) groups excluding carboxylic acids is 1. The van der Waals surface area contributed by atoms with Gasteiger partial charge in [-0.2, -0.15) is 0 Å². The Morgan fingerprint density at radius 1 is 1.03 bits per heavy atom. The van der Waals surface area contributed by atoms with Crippen LogP contribution in [0.3, 0.4) is 0 Å². The quantitative estimate of drug-likeness (QED) is 0.522. The minimum absolute atomic E-state index is 0.0351. The van der Waals surface area contributed by atoms with E-state index in [4.69, 9.17) is 9.47 Å². The fourth-order valence-corrected chi connectivity index (χ4v) is 4.56. The molecule has 6 nitrogen and oxygen atoms in total. The van der Waals surface area contributed by atoms with Crippen LogP contribution in [-0.4, -0.2) is 58.1 Å². The maximum absolute atomic E-state index is 12.8. The summed E-state index contributed by atoms with van der Waals surface area (Å²) in [5, 5.41) is 10.2. The molecule has 0 saturated carbocycles. The highest BCUT2D eigenvalue weighted by Gasteiger charge is 2.49. The highest BCUT2D eigenvalue weighted by Crippen LogP contribution is 2.35. The number of hydrogen-bond acceptors (Lipinski definition) is 5. The lowest BCUT2D eigenvalue weighted by atomic mass is 10.0. The third-order valence-electron chi connectivity index (χ3n) is 6.20. The van der Waals surface area contributed by atoms with Crippen molar-refractivity contribution in [2.75, 3.05) is 19.8 Å². The number of aliphatic hydroxyl groups excluding tert-OH is 1. The first kappa shape index (κ1) is 25.2. The molecular formula is C27H38N2O4. The molecule has 1 aliphatic rings. The van der Waals surface area contributed by atoms with E-state index in [1.165, 1.54) is 11.1 Å². The van der Waals surface area contributed by atoms with Gasteiger partial charge in [0.1, 0.15) is 5.72 Å². The van der Waals surface area contributed by atoms with Crippen molar-refractivity contribution in [2.24, 2.45) is 0 Å². The van der Waals surface area contributed by atoms with E-state index < -0.39 is 11.3 Å². The summed E-state index contributed by atoms with van der Waals surface area (Å²) in [5.41, 5.74) is 1.32. The van der Waals surface area contributed by atoms with E-state index in [9.17, 15) is 9.90 Å². The minimum Gasteiger partial charge on any atom is -0.449 e. The Hall–Kier alpha value is -2.41. The van der Waals surface area contributed by atoms with Crippen LogP contribution in [0, 0.1) is 0 Å². The van der Waals surface area contributed by atoms with Gasteiger partial charge in [0.05, 0.1) is 25.4 Å². The van der Waals surface area contributed by atoms with Gasteiger partial charge in [0, 0.05) is 19.1 Å². The topological polar surface area (TPSA) is 62.2 Å². The standard InChI is InChI=1S/C27H38N2O4/c1-26(2)21-33-27(3,4)29(26)25(31)32-17-11-16-24(20-30)28(18-22-12-7-5-8-13-22)19-23-14-9-6-10-15-23/h5-10,12-15,24,30H,11,16-21H2,1-4H3/t24-/m0/s1. The predicted octanol–water partition coefficient (Wildman–Crippen LogP) is 4.81. The molecule has 2 aromatic carbocycles. The van der Waals surface area contributed by atoms with E-state index in [0.29, 0.717) is 19.6 Å². The highest BCUT2D eigenvalue weighted by molar-refractivity contribution is 5.69. The first-order chi connectivity index (χ1) is 15.7. The molecule has 1 saturated heterocycles. The van der Waals surface area contributed by atoms with Gasteiger partial charge >= 0.3 is 6.09 Å². The van der Waals surface area contributed by atoms with Gasteiger partial charge in [-0.3, -0.25) is 9.80 Å². The van der Waals surface area contributed by atoms with Crippen LogP contribution in [0.15, 0.2) is 60.7 Å². The molecule has 1 heterocycles. The molecule has 180 valence electrons. The predicted molar refractivity (Wildman–Crippen MR) is 130 cm³/mol. The van der Waals surface area contributed by atoms with Crippen LogP contribution in [0.5, 0.6) is 0 Å². The molecule has 0 radical (unpaired) electrons. The summed E-state index contributed by atoms with van der Waals surface area (Å²) in [6.45, 7) is 10.1. The van der Waals surface area contributed by atoms with Gasteiger partial charge in [-0.05, 0) is 51.7 Å². The van der Waals surface area contributed by atoms with Crippen LogP contribution in [-0.2, 0) is 22.6 Å². The molecule has 1 N–H and O–H groups in total. The fourth-order valence-electron chi connectivity index (χ4n) is 4.56. The lowest BCUT2D eigenvalue weighted by Crippen LogP contribution is -2.52. The van der Waals surface area contributed by atoms with E-state index in [2.05, 4.69) is 29.2 Å². The maximum atomic E-state index is 12.8. The summed E-state index contributed by atoms with van der Waals surface area (Å²) in [6.07, 6.45) is 1.05. The van der Waals surface area contributed by atoms with Crippen LogP contribution in [0.2, 0.25) is 0 Å². The van der Waals surface area contributed by atoms with Gasteiger partial charge in [0.15, 0.2) is 0 Å². The normalized spacial score (nSPS) is 17.8. The van der Waals surface area contributed by atoms with Crippen molar-refractivity contribution in [1.82, 2.24) is 9.80 Å². The SMILES string of the molecule is CC1(C)COC(C)(C)N1C(=O)OCCC[C@@H](CO)N(Cc1ccccc1)Cc1ccccc1. The second-order valence-corrected chi connectivity index (χ2v) is 9.85. The molecule has 33 heavy (non-hydrogen) atoms. The van der Waals surface area contributed by atoms with Crippen molar-refractivity contribution in [3.05, 3.63) is 71.8 Å². The summed E-state index contributed by atoms with van der Waals surface area (Å²) in [6, 6.07) is 20.6. The van der Waals surface area contributed by atoms with E-state index in [0.717, 1.165) is 19.5 Å². The van der Waals surface area contributed by atoms with Crippen molar-refractivity contribution in [3.8, 4) is 0 Å². The molecule has 0 bridgehead atoms. The number of nitrogens with zero attached hydrogens (tertiary/aromatic N) is 2. The highest BCUT2D eigenvalue weighted by atomic mass is 16.6. The largest absolute Gasteiger partial charge is 0.449 e. The first-order valence-electron chi connectivity index (χ1n) is 11.8. The lowest BCUT2D eigenvalue weighted by molar-refractivity contribution is -0.0521. The fraction of sp³-hybridized carbons (Fsp3) is 0.519. The zero-order valence-electron chi connectivity index (χ0n) is 20.4. The van der Waals surface area contributed by atoms with Crippen molar-refractivity contribution in [2.45, 2.75) is 70.9 Å². The number of hydrogen-bond donors (Lipinski definition) is 1. The van der Waals surface area contributed by atoms with Gasteiger partial charge in [0.2, 0.25) is 0 Å². The average Bonchev–Trinajstić information content (AvgIpc) is 3.02. The second kappa shape index (κ2) is 11.1. The monoisotopic (exact) mass is 454 g/mol. The van der Waals surface area contributed by atoms with Crippen LogP contribution in [0.4, 0.5) is 4.79 Å². The van der Waals surface area contributed by atoms with Crippen LogP contribution >= 0.6 is 0 Å². The van der Waals surface area contributed by atoms with Gasteiger partial charge in [0.25, 0.3) is 0 Å². The third kappa shape index (κ3) is 6.79. The lowest BCUT2D eigenvalue weighted by Gasteiger charge is -2.36. The van der Waals surface area contributed by atoms with Crippen molar-refractivity contribution < 1.29 is 19.4 Å². The Morgan fingerprint density at radius 2 is 1.58 bits per heavy atom. The van der Waals surface area contributed by atoms with Crippen LogP contribution in [0.1, 0.15) is 51.7 Å². The Labute approximate surface area is 198 Å². The summed E-state index contributed by atoms with van der Waals surface area (Å²) < 4.78 is 11.4. The molecule has 0 spiro atoms. The molecule has 1 atom stereocenters. The smallest absolute Gasteiger partial charge is 0.412 e. The molecule has 6 heteroatoms. The zero-order chi connectivity index (χ0) is 23.9. The van der Waals surface area contributed by atoms with E-state index in [-0.39, 0.29) is 18.7 Å². The molecular weight excluding hydrogens is 416 g/mol. The van der Waals surface area contributed by atoms with Crippen LogP contribution in [0.25, 0.3) is 0 Å². The minimum atomic E-state index is -0.684. The molecule has 1 aliphatic heterocycles. The maximum Gasteiger partial charge on any atom is 0.412 e. The van der Waals surface area contributed by atoms with Gasteiger partial charge in [-0.1, -0.05) is 60.7 Å². The molecule has 1 amide bonds. The number of ether oxygens (including phenoxy) is 2. The van der Waals surface area contributed by atoms with Gasteiger partial charge < -0.3 is 14.6 Å². The number of amides is 1. The Bertz CT molecular complexity index is 813. The van der Waals surface area contributed by atoms with E-state index in [1.807, 2.05) is 64.1 Å². The van der Waals surface area contributed by atoms with Gasteiger partial charge in [-0.25, -0.2) is 4.79 Å². The molecule has 2 aromatic rings. The Morgan fingerprint density at radius 3 is 2.03 bits per heavy atom. The van der Waals surface area contributed by atoms with Crippen LogP contribution < -0.4 is 0 Å². The summed E-state index contributed by atoms with van der Waals surface area (Å²) >= 11 is 0.